The van der Waals surface area contributed by atoms with Crippen LogP contribution in [0.2, 0.25) is 0 Å². The minimum absolute atomic E-state index is 0.361. The Labute approximate surface area is 119 Å². The summed E-state index contributed by atoms with van der Waals surface area (Å²) in [5.41, 5.74) is 2.78. The van der Waals surface area contributed by atoms with E-state index in [2.05, 4.69) is 4.98 Å². The minimum atomic E-state index is -0.421. The van der Waals surface area contributed by atoms with Crippen molar-refractivity contribution in [1.29, 1.82) is 0 Å². The van der Waals surface area contributed by atoms with Crippen LogP contribution < -0.4 is 0 Å². The van der Waals surface area contributed by atoms with Gasteiger partial charge in [-0.2, -0.15) is 0 Å². The van der Waals surface area contributed by atoms with Crippen LogP contribution in [0.3, 0.4) is 0 Å². The molecule has 20 heavy (non-hydrogen) atoms. The molecule has 0 atom stereocenters. The van der Waals surface area contributed by atoms with E-state index in [4.69, 9.17) is 4.74 Å². The van der Waals surface area contributed by atoms with Crippen molar-refractivity contribution in [3.8, 4) is 0 Å². The van der Waals surface area contributed by atoms with Crippen molar-refractivity contribution >= 4 is 12.3 Å². The lowest BCUT2D eigenvalue weighted by atomic mass is 9.85. The first-order chi connectivity index (χ1) is 9.71. The molecule has 0 unspecified atom stereocenters. The summed E-state index contributed by atoms with van der Waals surface area (Å²) in [6.07, 6.45) is 8.77. The third-order valence-electron chi connectivity index (χ3n) is 4.30. The zero-order valence-corrected chi connectivity index (χ0v) is 12.3. The van der Waals surface area contributed by atoms with Gasteiger partial charge in [-0.05, 0) is 24.3 Å². The molecule has 0 amide bonds. The summed E-state index contributed by atoms with van der Waals surface area (Å²) < 4.78 is 4.81. The number of carbonyl (C=O) groups is 2. The molecule has 1 N–H and O–H groups in total. The standard InChI is InChI=1S/C16H23NO3/c1-3-12-13(9-11-7-5-4-6-8-11)17-14(10-18)15(12)16(19)20-2/h10-11,17H,3-9H2,1-2H3. The van der Waals surface area contributed by atoms with Crippen LogP contribution in [0, 0.1) is 5.92 Å². The molecule has 1 aromatic rings. The Bertz CT molecular complexity index is 484. The summed E-state index contributed by atoms with van der Waals surface area (Å²) in [6.45, 7) is 2.01. The lowest BCUT2D eigenvalue weighted by molar-refractivity contribution is 0.0597. The molecule has 1 aromatic heterocycles. The van der Waals surface area contributed by atoms with Crippen LogP contribution in [0.15, 0.2) is 0 Å². The maximum Gasteiger partial charge on any atom is 0.340 e. The highest BCUT2D eigenvalue weighted by Gasteiger charge is 2.24. The number of nitrogens with one attached hydrogen (secondary N) is 1. The van der Waals surface area contributed by atoms with Crippen molar-refractivity contribution < 1.29 is 14.3 Å². The maximum atomic E-state index is 11.9. The molecule has 2 rings (SSSR count). The highest BCUT2D eigenvalue weighted by Crippen LogP contribution is 2.29. The summed E-state index contributed by atoms with van der Waals surface area (Å²) in [7, 11) is 1.35. The molecule has 1 fully saturated rings. The Hall–Kier alpha value is -1.58. The summed E-state index contributed by atoms with van der Waals surface area (Å²) >= 11 is 0. The summed E-state index contributed by atoms with van der Waals surface area (Å²) in [4.78, 5) is 26.2. The highest BCUT2D eigenvalue weighted by molar-refractivity contribution is 5.99. The number of methoxy groups -OCH3 is 1. The number of aldehydes is 1. The number of aromatic amines is 1. The van der Waals surface area contributed by atoms with Gasteiger partial charge in [-0.1, -0.05) is 39.0 Å². The van der Waals surface area contributed by atoms with Gasteiger partial charge in [0.15, 0.2) is 6.29 Å². The van der Waals surface area contributed by atoms with Gasteiger partial charge in [0.25, 0.3) is 0 Å². The van der Waals surface area contributed by atoms with Crippen LogP contribution in [0.5, 0.6) is 0 Å². The van der Waals surface area contributed by atoms with E-state index in [1.54, 1.807) is 0 Å². The summed E-state index contributed by atoms with van der Waals surface area (Å²) in [6, 6.07) is 0. The molecule has 110 valence electrons. The third kappa shape index (κ3) is 2.94. The molecule has 4 heteroatoms. The Morgan fingerprint density at radius 1 is 1.35 bits per heavy atom. The zero-order chi connectivity index (χ0) is 14.5. The lowest BCUT2D eigenvalue weighted by Gasteiger charge is -2.21. The number of esters is 1. The minimum Gasteiger partial charge on any atom is -0.465 e. The maximum absolute atomic E-state index is 11.9. The molecule has 0 spiro atoms. The fourth-order valence-electron chi connectivity index (χ4n) is 3.28. The molecule has 0 radical (unpaired) electrons. The van der Waals surface area contributed by atoms with Gasteiger partial charge >= 0.3 is 5.97 Å². The van der Waals surface area contributed by atoms with Gasteiger partial charge in [0.05, 0.1) is 18.4 Å². The van der Waals surface area contributed by atoms with E-state index < -0.39 is 5.97 Å². The topological polar surface area (TPSA) is 59.2 Å². The number of rotatable bonds is 5. The molecule has 1 aliphatic carbocycles. The normalized spacial score (nSPS) is 16.1. The van der Waals surface area contributed by atoms with Crippen molar-refractivity contribution in [1.82, 2.24) is 4.98 Å². The monoisotopic (exact) mass is 277 g/mol. The molecule has 0 aromatic carbocycles. The first-order valence-corrected chi connectivity index (χ1v) is 7.48. The van der Waals surface area contributed by atoms with Gasteiger partial charge in [-0.25, -0.2) is 4.79 Å². The first-order valence-electron chi connectivity index (χ1n) is 7.48. The molecule has 4 nitrogen and oxygen atoms in total. The molecule has 1 aliphatic rings. The SMILES string of the molecule is CCc1c(CC2CCCCC2)[nH]c(C=O)c1C(=O)OC. The Morgan fingerprint density at radius 2 is 2.05 bits per heavy atom. The fourth-order valence-corrected chi connectivity index (χ4v) is 3.28. The van der Waals surface area contributed by atoms with Gasteiger partial charge in [0.1, 0.15) is 0 Å². The van der Waals surface area contributed by atoms with E-state index in [0.717, 1.165) is 30.4 Å². The zero-order valence-electron chi connectivity index (χ0n) is 12.3. The largest absolute Gasteiger partial charge is 0.465 e. The molecule has 1 saturated carbocycles. The predicted molar refractivity (Wildman–Crippen MR) is 77.2 cm³/mol. The Balaban J connectivity index is 2.29. The number of aromatic nitrogens is 1. The van der Waals surface area contributed by atoms with Crippen LogP contribution in [-0.4, -0.2) is 24.3 Å². The van der Waals surface area contributed by atoms with Crippen LogP contribution in [0.1, 0.15) is 71.1 Å². The van der Waals surface area contributed by atoms with Gasteiger partial charge in [-0.15, -0.1) is 0 Å². The van der Waals surface area contributed by atoms with Gasteiger partial charge < -0.3 is 9.72 Å². The van der Waals surface area contributed by atoms with Crippen molar-refractivity contribution in [3.05, 3.63) is 22.5 Å². The number of H-pyrrole nitrogens is 1. The van der Waals surface area contributed by atoms with Crippen LogP contribution in [-0.2, 0) is 17.6 Å². The van der Waals surface area contributed by atoms with E-state index in [0.29, 0.717) is 17.2 Å². The smallest absolute Gasteiger partial charge is 0.340 e. The summed E-state index contributed by atoms with van der Waals surface area (Å²) in [5.74, 6) is 0.243. The molecule has 0 saturated heterocycles. The van der Waals surface area contributed by atoms with Crippen molar-refractivity contribution in [2.75, 3.05) is 7.11 Å². The number of hydrogen-bond acceptors (Lipinski definition) is 3. The summed E-state index contributed by atoms with van der Waals surface area (Å²) in [5, 5.41) is 0. The van der Waals surface area contributed by atoms with Crippen molar-refractivity contribution in [3.63, 3.8) is 0 Å². The quantitative estimate of drug-likeness (QED) is 0.663. The average Bonchev–Trinajstić information content (AvgIpc) is 2.85. The Kier molecular flexibility index (Phi) is 4.99. The third-order valence-corrected chi connectivity index (χ3v) is 4.30. The second-order valence-electron chi connectivity index (χ2n) is 5.54. The van der Waals surface area contributed by atoms with Crippen LogP contribution in [0.4, 0.5) is 0 Å². The second-order valence-corrected chi connectivity index (χ2v) is 5.54. The fraction of sp³-hybridized carbons (Fsp3) is 0.625. The van der Waals surface area contributed by atoms with E-state index >= 15 is 0 Å². The van der Waals surface area contributed by atoms with E-state index in [1.807, 2.05) is 6.92 Å². The second kappa shape index (κ2) is 6.73. The van der Waals surface area contributed by atoms with Gasteiger partial charge in [-0.3, -0.25) is 4.79 Å². The molecular formula is C16H23NO3. The number of ether oxygens (including phenoxy) is 1. The van der Waals surface area contributed by atoms with Gasteiger partial charge in [0.2, 0.25) is 0 Å². The van der Waals surface area contributed by atoms with Crippen LogP contribution in [0.25, 0.3) is 0 Å². The van der Waals surface area contributed by atoms with E-state index in [9.17, 15) is 9.59 Å². The average molecular weight is 277 g/mol. The van der Waals surface area contributed by atoms with Crippen molar-refractivity contribution in [2.24, 2.45) is 5.92 Å². The predicted octanol–water partition coefficient (Wildman–Crippen LogP) is 3.30. The molecule has 0 bridgehead atoms. The van der Waals surface area contributed by atoms with E-state index in [-0.39, 0.29) is 0 Å². The Morgan fingerprint density at radius 3 is 2.60 bits per heavy atom. The van der Waals surface area contributed by atoms with E-state index in [1.165, 1.54) is 39.2 Å². The van der Waals surface area contributed by atoms with Gasteiger partial charge in [0, 0.05) is 5.69 Å². The molecule has 1 heterocycles. The van der Waals surface area contributed by atoms with Crippen LogP contribution >= 0.6 is 0 Å². The lowest BCUT2D eigenvalue weighted by Crippen LogP contribution is -2.11. The highest BCUT2D eigenvalue weighted by atomic mass is 16.5. The number of carbonyl (C=O) groups excluding carboxylic acids is 2. The molecular weight excluding hydrogens is 254 g/mol. The first kappa shape index (κ1) is 14.8. The number of hydrogen-bond donors (Lipinski definition) is 1. The van der Waals surface area contributed by atoms with Crippen molar-refractivity contribution in [2.45, 2.75) is 51.9 Å². The molecule has 0 aliphatic heterocycles.